The third-order valence-corrected chi connectivity index (χ3v) is 5.46. The summed E-state index contributed by atoms with van der Waals surface area (Å²) < 4.78 is 0. The molecule has 3 rings (SSSR count). The van der Waals surface area contributed by atoms with E-state index in [-0.39, 0.29) is 5.91 Å². The average molecular weight is 385 g/mol. The lowest BCUT2D eigenvalue weighted by Crippen LogP contribution is -2.33. The van der Waals surface area contributed by atoms with Crippen molar-refractivity contribution in [2.75, 3.05) is 19.6 Å². The van der Waals surface area contributed by atoms with Crippen LogP contribution in [0.5, 0.6) is 0 Å². The summed E-state index contributed by atoms with van der Waals surface area (Å²) in [4.78, 5) is 14.8. The van der Waals surface area contributed by atoms with Crippen LogP contribution in [0, 0.1) is 5.92 Å². The van der Waals surface area contributed by atoms with Crippen LogP contribution in [0.25, 0.3) is 0 Å². The normalized spacial score (nSPS) is 17.6. The van der Waals surface area contributed by atoms with E-state index in [1.165, 1.54) is 37.1 Å². The van der Waals surface area contributed by atoms with Gasteiger partial charge in [0.05, 0.1) is 0 Å². The summed E-state index contributed by atoms with van der Waals surface area (Å²) >= 11 is 5.89. The Bertz CT molecular complexity index is 727. The minimum atomic E-state index is 0.00394. The maximum absolute atomic E-state index is 12.3. The van der Waals surface area contributed by atoms with E-state index in [9.17, 15) is 4.79 Å². The monoisotopic (exact) mass is 384 g/mol. The van der Waals surface area contributed by atoms with Crippen LogP contribution in [-0.4, -0.2) is 30.4 Å². The van der Waals surface area contributed by atoms with Crippen LogP contribution < -0.4 is 5.32 Å². The van der Waals surface area contributed by atoms with Crippen LogP contribution >= 0.6 is 11.6 Å². The number of likely N-dealkylation sites (tertiary alicyclic amines) is 1. The van der Waals surface area contributed by atoms with E-state index in [1.807, 2.05) is 36.4 Å². The number of hydrogen-bond acceptors (Lipinski definition) is 2. The van der Waals surface area contributed by atoms with Gasteiger partial charge in [0.25, 0.3) is 5.91 Å². The first kappa shape index (κ1) is 19.9. The Hall–Kier alpha value is -1.84. The average Bonchev–Trinajstić information content (AvgIpc) is 2.67. The molecule has 1 amide bonds. The molecule has 1 aliphatic heterocycles. The van der Waals surface area contributed by atoms with Crippen LogP contribution in [0.3, 0.4) is 0 Å². The number of aryl methyl sites for hydroxylation is 1. The number of nitrogens with one attached hydrogen (secondary N) is 1. The van der Waals surface area contributed by atoms with Gasteiger partial charge < -0.3 is 5.32 Å². The van der Waals surface area contributed by atoms with Gasteiger partial charge in [-0.1, -0.05) is 42.8 Å². The predicted molar refractivity (Wildman–Crippen MR) is 112 cm³/mol. The van der Waals surface area contributed by atoms with Gasteiger partial charge >= 0.3 is 0 Å². The maximum Gasteiger partial charge on any atom is 0.251 e. The van der Waals surface area contributed by atoms with Crippen molar-refractivity contribution >= 4 is 17.5 Å². The fourth-order valence-electron chi connectivity index (χ4n) is 3.70. The summed E-state index contributed by atoms with van der Waals surface area (Å²) in [7, 11) is 0. The van der Waals surface area contributed by atoms with Crippen LogP contribution in [0.4, 0.5) is 0 Å². The Kier molecular flexibility index (Phi) is 7.31. The van der Waals surface area contributed by atoms with Gasteiger partial charge in [-0.25, -0.2) is 0 Å². The molecule has 1 aliphatic rings. The molecule has 0 spiro atoms. The Morgan fingerprint density at radius 1 is 1.11 bits per heavy atom. The molecule has 1 atom stereocenters. The van der Waals surface area contributed by atoms with E-state index >= 15 is 0 Å². The van der Waals surface area contributed by atoms with Crippen molar-refractivity contribution in [2.45, 2.75) is 39.2 Å². The minimum absolute atomic E-state index is 0.00394. The Balaban J connectivity index is 1.41. The molecule has 0 aromatic heterocycles. The van der Waals surface area contributed by atoms with Gasteiger partial charge in [-0.15, -0.1) is 0 Å². The van der Waals surface area contributed by atoms with Crippen LogP contribution in [0.15, 0.2) is 48.5 Å². The molecule has 1 fully saturated rings. The fraction of sp³-hybridized carbons (Fsp3) is 0.435. The molecule has 2 aromatic carbocycles. The smallest absolute Gasteiger partial charge is 0.251 e. The second kappa shape index (κ2) is 9.91. The van der Waals surface area contributed by atoms with Crippen molar-refractivity contribution in [3.63, 3.8) is 0 Å². The molecule has 2 aromatic rings. The molecule has 0 unspecified atom stereocenters. The molecule has 0 saturated carbocycles. The standard InChI is InChI=1S/C23H29ClN2O/c1-18-4-3-15-26(16-18)17-20-6-10-21(11-7-20)23(27)25-14-2-5-19-8-12-22(24)13-9-19/h6-13,18H,2-5,14-17H2,1H3,(H,25,27)/t18-/m0/s1. The van der Waals surface area contributed by atoms with E-state index in [4.69, 9.17) is 11.6 Å². The lowest BCUT2D eigenvalue weighted by Gasteiger charge is -2.30. The second-order valence-corrected chi connectivity index (χ2v) is 8.10. The zero-order chi connectivity index (χ0) is 19.1. The number of nitrogens with zero attached hydrogens (tertiary/aromatic N) is 1. The third kappa shape index (κ3) is 6.37. The summed E-state index contributed by atoms with van der Waals surface area (Å²) in [5.41, 5.74) is 3.26. The lowest BCUT2D eigenvalue weighted by atomic mass is 9.99. The number of hydrogen-bond donors (Lipinski definition) is 1. The molecule has 1 N–H and O–H groups in total. The predicted octanol–water partition coefficient (Wildman–Crippen LogP) is 4.93. The van der Waals surface area contributed by atoms with Crippen molar-refractivity contribution in [3.8, 4) is 0 Å². The highest BCUT2D eigenvalue weighted by molar-refractivity contribution is 6.30. The topological polar surface area (TPSA) is 32.3 Å². The maximum atomic E-state index is 12.3. The molecule has 144 valence electrons. The summed E-state index contributed by atoms with van der Waals surface area (Å²) in [6.07, 6.45) is 4.48. The number of carbonyl (C=O) groups is 1. The van der Waals surface area contributed by atoms with E-state index in [1.54, 1.807) is 0 Å². The molecule has 1 saturated heterocycles. The van der Waals surface area contributed by atoms with E-state index in [2.05, 4.69) is 29.3 Å². The minimum Gasteiger partial charge on any atom is -0.352 e. The highest BCUT2D eigenvalue weighted by atomic mass is 35.5. The van der Waals surface area contributed by atoms with Crippen molar-refractivity contribution in [1.82, 2.24) is 10.2 Å². The Morgan fingerprint density at radius 3 is 2.52 bits per heavy atom. The van der Waals surface area contributed by atoms with E-state index in [0.29, 0.717) is 6.54 Å². The number of rotatable bonds is 7. The van der Waals surface area contributed by atoms with Gasteiger partial charge in [0.1, 0.15) is 0 Å². The van der Waals surface area contributed by atoms with Crippen molar-refractivity contribution < 1.29 is 4.79 Å². The third-order valence-electron chi connectivity index (χ3n) is 5.20. The summed E-state index contributed by atoms with van der Waals surface area (Å²) in [6.45, 7) is 6.34. The van der Waals surface area contributed by atoms with Gasteiger partial charge in [0.15, 0.2) is 0 Å². The largest absolute Gasteiger partial charge is 0.352 e. The summed E-state index contributed by atoms with van der Waals surface area (Å²) in [6, 6.07) is 15.9. The van der Waals surface area contributed by atoms with Gasteiger partial charge in [-0.3, -0.25) is 9.69 Å². The van der Waals surface area contributed by atoms with Gasteiger partial charge in [0, 0.05) is 30.2 Å². The van der Waals surface area contributed by atoms with Gasteiger partial charge in [-0.2, -0.15) is 0 Å². The van der Waals surface area contributed by atoms with E-state index in [0.717, 1.165) is 35.9 Å². The van der Waals surface area contributed by atoms with Gasteiger partial charge in [0.2, 0.25) is 0 Å². The quantitative estimate of drug-likeness (QED) is 0.686. The Labute approximate surface area is 167 Å². The first-order valence-corrected chi connectivity index (χ1v) is 10.3. The first-order chi connectivity index (χ1) is 13.1. The molecule has 0 bridgehead atoms. The molecular formula is C23H29ClN2O. The van der Waals surface area contributed by atoms with Crippen molar-refractivity contribution in [1.29, 1.82) is 0 Å². The van der Waals surface area contributed by atoms with Gasteiger partial charge in [-0.05, 0) is 73.5 Å². The molecule has 0 radical (unpaired) electrons. The SMILES string of the molecule is C[C@H]1CCCN(Cc2ccc(C(=O)NCCCc3ccc(Cl)cc3)cc2)C1. The van der Waals surface area contributed by atoms with Crippen LogP contribution in [0.1, 0.15) is 47.7 Å². The zero-order valence-electron chi connectivity index (χ0n) is 16.1. The zero-order valence-corrected chi connectivity index (χ0v) is 16.8. The molecule has 3 nitrogen and oxygen atoms in total. The summed E-state index contributed by atoms with van der Waals surface area (Å²) in [5, 5.41) is 3.77. The van der Waals surface area contributed by atoms with Crippen LogP contribution in [-0.2, 0) is 13.0 Å². The number of carbonyl (C=O) groups excluding carboxylic acids is 1. The van der Waals surface area contributed by atoms with Crippen molar-refractivity contribution in [3.05, 3.63) is 70.2 Å². The van der Waals surface area contributed by atoms with Crippen molar-refractivity contribution in [2.24, 2.45) is 5.92 Å². The molecule has 27 heavy (non-hydrogen) atoms. The number of halogens is 1. The number of benzene rings is 2. The highest BCUT2D eigenvalue weighted by Crippen LogP contribution is 2.18. The Morgan fingerprint density at radius 2 is 1.81 bits per heavy atom. The van der Waals surface area contributed by atoms with E-state index < -0.39 is 0 Å². The molecule has 4 heteroatoms. The molecular weight excluding hydrogens is 356 g/mol. The molecule has 1 heterocycles. The fourth-order valence-corrected chi connectivity index (χ4v) is 3.82. The van der Waals surface area contributed by atoms with Crippen LogP contribution in [0.2, 0.25) is 5.02 Å². The summed E-state index contributed by atoms with van der Waals surface area (Å²) in [5.74, 6) is 0.793. The first-order valence-electron chi connectivity index (χ1n) is 9.94. The molecule has 0 aliphatic carbocycles. The second-order valence-electron chi connectivity index (χ2n) is 7.67. The number of piperidine rings is 1. The number of amides is 1. The highest BCUT2D eigenvalue weighted by Gasteiger charge is 2.16. The lowest BCUT2D eigenvalue weighted by molar-refractivity contribution is 0.0953.